The normalized spacial score (nSPS) is 16.5. The largest absolute Gasteiger partial charge is 0.355 e. The summed E-state index contributed by atoms with van der Waals surface area (Å²) in [6.45, 7) is 2.61. The molecule has 0 aromatic rings. The van der Waals surface area contributed by atoms with E-state index in [0.29, 0.717) is 19.4 Å². The number of carbonyl (C=O) groups excluding carboxylic acids is 2. The van der Waals surface area contributed by atoms with E-state index in [9.17, 15) is 9.59 Å². The fourth-order valence-corrected chi connectivity index (χ4v) is 1.88. The van der Waals surface area contributed by atoms with E-state index in [0.717, 1.165) is 12.8 Å². The van der Waals surface area contributed by atoms with Gasteiger partial charge in [0.25, 0.3) is 0 Å². The second-order valence-corrected chi connectivity index (χ2v) is 4.56. The molecular weight excluding hydrogens is 218 g/mol. The van der Waals surface area contributed by atoms with Crippen LogP contribution in [-0.4, -0.2) is 36.9 Å². The first-order valence-electron chi connectivity index (χ1n) is 5.99. The van der Waals surface area contributed by atoms with Crippen molar-refractivity contribution in [2.75, 3.05) is 20.1 Å². The number of rotatable bonds is 5. The summed E-state index contributed by atoms with van der Waals surface area (Å²) in [5, 5.41) is 11.7. The summed E-state index contributed by atoms with van der Waals surface area (Å²) in [5.41, 5.74) is -0.861. The van der Waals surface area contributed by atoms with Gasteiger partial charge in [-0.25, -0.2) is 0 Å². The monoisotopic (exact) mass is 237 g/mol. The Hall–Kier alpha value is -1.57. The van der Waals surface area contributed by atoms with Gasteiger partial charge in [0.15, 0.2) is 0 Å². The molecule has 0 aromatic carbocycles. The standard InChI is InChI=1S/C12H19N3O2/c1-3-7-14-10(16)8-15(2)11(17)12(9-13)5-4-6-12/h3-8H2,1-2H3,(H,14,16). The molecular formula is C12H19N3O2. The van der Waals surface area contributed by atoms with Gasteiger partial charge in [-0.3, -0.25) is 9.59 Å². The number of carbonyl (C=O) groups is 2. The van der Waals surface area contributed by atoms with Crippen molar-refractivity contribution in [2.45, 2.75) is 32.6 Å². The van der Waals surface area contributed by atoms with Gasteiger partial charge >= 0.3 is 0 Å². The molecule has 0 aromatic heterocycles. The van der Waals surface area contributed by atoms with Crippen molar-refractivity contribution in [3.8, 4) is 6.07 Å². The van der Waals surface area contributed by atoms with Crippen LogP contribution in [0.2, 0.25) is 0 Å². The molecule has 0 unspecified atom stereocenters. The lowest BCUT2D eigenvalue weighted by Crippen LogP contribution is -2.48. The number of nitrogens with zero attached hydrogens (tertiary/aromatic N) is 2. The summed E-state index contributed by atoms with van der Waals surface area (Å²) in [7, 11) is 1.57. The van der Waals surface area contributed by atoms with E-state index in [1.165, 1.54) is 4.90 Å². The van der Waals surface area contributed by atoms with Crippen LogP contribution in [-0.2, 0) is 9.59 Å². The van der Waals surface area contributed by atoms with Crippen LogP contribution in [0.1, 0.15) is 32.6 Å². The molecule has 0 atom stereocenters. The molecule has 0 heterocycles. The Kier molecular flexibility index (Phi) is 4.50. The molecule has 17 heavy (non-hydrogen) atoms. The topological polar surface area (TPSA) is 73.2 Å². The minimum absolute atomic E-state index is 0.0300. The SMILES string of the molecule is CCCNC(=O)CN(C)C(=O)C1(C#N)CCC1. The first-order valence-corrected chi connectivity index (χ1v) is 5.99. The average Bonchev–Trinajstić information content (AvgIpc) is 2.25. The third-order valence-corrected chi connectivity index (χ3v) is 3.13. The van der Waals surface area contributed by atoms with Gasteiger partial charge in [0.05, 0.1) is 12.6 Å². The van der Waals surface area contributed by atoms with E-state index in [2.05, 4.69) is 11.4 Å². The molecule has 0 radical (unpaired) electrons. The quantitative estimate of drug-likeness (QED) is 0.763. The van der Waals surface area contributed by atoms with Crippen LogP contribution in [0.25, 0.3) is 0 Å². The van der Waals surface area contributed by atoms with Gasteiger partial charge in [-0.2, -0.15) is 5.26 Å². The van der Waals surface area contributed by atoms with Crippen molar-refractivity contribution in [1.82, 2.24) is 10.2 Å². The lowest BCUT2D eigenvalue weighted by Gasteiger charge is -2.36. The van der Waals surface area contributed by atoms with Crippen LogP contribution < -0.4 is 5.32 Å². The molecule has 1 aliphatic rings. The van der Waals surface area contributed by atoms with E-state index in [4.69, 9.17) is 5.26 Å². The number of likely N-dealkylation sites (N-methyl/N-ethyl adjacent to an activating group) is 1. The Morgan fingerprint density at radius 3 is 2.53 bits per heavy atom. The van der Waals surface area contributed by atoms with E-state index in [-0.39, 0.29) is 18.4 Å². The first-order chi connectivity index (χ1) is 8.05. The number of nitrogens with one attached hydrogen (secondary N) is 1. The van der Waals surface area contributed by atoms with Crippen LogP contribution in [0.3, 0.4) is 0 Å². The van der Waals surface area contributed by atoms with E-state index in [1.807, 2.05) is 6.92 Å². The lowest BCUT2D eigenvalue weighted by molar-refractivity contribution is -0.144. The fraction of sp³-hybridized carbons (Fsp3) is 0.750. The predicted molar refractivity (Wildman–Crippen MR) is 62.8 cm³/mol. The predicted octanol–water partition coefficient (Wildman–Crippen LogP) is 0.665. The third kappa shape index (κ3) is 2.96. The lowest BCUT2D eigenvalue weighted by atomic mass is 9.69. The maximum atomic E-state index is 12.0. The second-order valence-electron chi connectivity index (χ2n) is 4.56. The summed E-state index contributed by atoms with van der Waals surface area (Å²) in [6.07, 6.45) is 3.01. The van der Waals surface area contributed by atoms with Gasteiger partial charge in [0.2, 0.25) is 11.8 Å². The molecule has 2 amide bonds. The minimum Gasteiger partial charge on any atom is -0.355 e. The van der Waals surface area contributed by atoms with Gasteiger partial charge < -0.3 is 10.2 Å². The second kappa shape index (κ2) is 5.67. The smallest absolute Gasteiger partial charge is 0.243 e. The molecule has 1 saturated carbocycles. The molecule has 0 saturated heterocycles. The van der Waals surface area contributed by atoms with Crippen LogP contribution >= 0.6 is 0 Å². The van der Waals surface area contributed by atoms with Crippen LogP contribution in [0.4, 0.5) is 0 Å². The van der Waals surface area contributed by atoms with Crippen molar-refractivity contribution in [3.63, 3.8) is 0 Å². The van der Waals surface area contributed by atoms with Gasteiger partial charge in [-0.15, -0.1) is 0 Å². The Balaban J connectivity index is 2.47. The van der Waals surface area contributed by atoms with Gasteiger partial charge in [-0.05, 0) is 25.7 Å². The summed E-state index contributed by atoms with van der Waals surface area (Å²) in [4.78, 5) is 24.8. The van der Waals surface area contributed by atoms with Crippen LogP contribution in [0.5, 0.6) is 0 Å². The molecule has 5 nitrogen and oxygen atoms in total. The van der Waals surface area contributed by atoms with Crippen LogP contribution in [0, 0.1) is 16.7 Å². The first kappa shape index (κ1) is 13.5. The Morgan fingerprint density at radius 1 is 1.47 bits per heavy atom. The summed E-state index contributed by atoms with van der Waals surface area (Å²) < 4.78 is 0. The van der Waals surface area contributed by atoms with Gasteiger partial charge in [0.1, 0.15) is 5.41 Å². The van der Waals surface area contributed by atoms with Crippen molar-refractivity contribution >= 4 is 11.8 Å². The molecule has 1 fully saturated rings. The Labute approximate surface area is 102 Å². The van der Waals surface area contributed by atoms with Crippen molar-refractivity contribution in [3.05, 3.63) is 0 Å². The number of hydrogen-bond donors (Lipinski definition) is 1. The van der Waals surface area contributed by atoms with Crippen molar-refractivity contribution in [2.24, 2.45) is 5.41 Å². The van der Waals surface area contributed by atoms with Crippen molar-refractivity contribution in [1.29, 1.82) is 5.26 Å². The highest BCUT2D eigenvalue weighted by molar-refractivity contribution is 5.90. The highest BCUT2D eigenvalue weighted by atomic mass is 16.2. The number of nitriles is 1. The molecule has 1 aliphatic carbocycles. The highest BCUT2D eigenvalue weighted by Gasteiger charge is 2.46. The Bertz CT molecular complexity index is 342. The van der Waals surface area contributed by atoms with Gasteiger partial charge in [-0.1, -0.05) is 6.92 Å². The zero-order valence-corrected chi connectivity index (χ0v) is 10.5. The van der Waals surface area contributed by atoms with E-state index < -0.39 is 5.41 Å². The zero-order valence-electron chi connectivity index (χ0n) is 10.5. The fourth-order valence-electron chi connectivity index (χ4n) is 1.88. The minimum atomic E-state index is -0.861. The number of amides is 2. The molecule has 0 bridgehead atoms. The molecule has 0 spiro atoms. The van der Waals surface area contributed by atoms with E-state index >= 15 is 0 Å². The summed E-state index contributed by atoms with van der Waals surface area (Å²) in [5.74, 6) is -0.395. The highest BCUT2D eigenvalue weighted by Crippen LogP contribution is 2.41. The average molecular weight is 237 g/mol. The van der Waals surface area contributed by atoms with E-state index in [1.54, 1.807) is 7.05 Å². The molecule has 1 N–H and O–H groups in total. The molecule has 94 valence electrons. The Morgan fingerprint density at radius 2 is 2.12 bits per heavy atom. The van der Waals surface area contributed by atoms with Gasteiger partial charge in [0, 0.05) is 13.6 Å². The zero-order chi connectivity index (χ0) is 12.9. The van der Waals surface area contributed by atoms with Crippen LogP contribution in [0.15, 0.2) is 0 Å². The maximum Gasteiger partial charge on any atom is 0.243 e. The summed E-state index contributed by atoms with van der Waals surface area (Å²) >= 11 is 0. The summed E-state index contributed by atoms with van der Waals surface area (Å²) in [6, 6.07) is 2.09. The number of hydrogen-bond acceptors (Lipinski definition) is 3. The molecule has 5 heteroatoms. The molecule has 1 rings (SSSR count). The molecule has 0 aliphatic heterocycles. The van der Waals surface area contributed by atoms with Crippen molar-refractivity contribution < 1.29 is 9.59 Å². The maximum absolute atomic E-state index is 12.0. The third-order valence-electron chi connectivity index (χ3n) is 3.13.